The van der Waals surface area contributed by atoms with Gasteiger partial charge in [-0.2, -0.15) is 0 Å². The Balaban J connectivity index is 2.23. The fourth-order valence-corrected chi connectivity index (χ4v) is 3.20. The molecule has 0 spiro atoms. The van der Waals surface area contributed by atoms with E-state index in [-0.39, 0.29) is 0 Å². The first-order chi connectivity index (χ1) is 8.78. The smallest absolute Gasteiger partial charge is 0.124 e. The van der Waals surface area contributed by atoms with E-state index in [1.165, 1.54) is 0 Å². The molecule has 1 aromatic carbocycles. The highest BCUT2D eigenvalue weighted by molar-refractivity contribution is 7.21. The van der Waals surface area contributed by atoms with E-state index in [0.29, 0.717) is 5.88 Å². The molecule has 0 amide bonds. The van der Waals surface area contributed by atoms with Gasteiger partial charge >= 0.3 is 0 Å². The summed E-state index contributed by atoms with van der Waals surface area (Å²) in [6, 6.07) is 12.2. The van der Waals surface area contributed by atoms with Gasteiger partial charge in [0.2, 0.25) is 0 Å². The van der Waals surface area contributed by atoms with Crippen LogP contribution in [0.3, 0.4) is 0 Å². The highest BCUT2D eigenvalue weighted by Crippen LogP contribution is 2.31. The van der Waals surface area contributed by atoms with Crippen LogP contribution in [0.5, 0.6) is 0 Å². The Morgan fingerprint density at radius 3 is 2.67 bits per heavy atom. The minimum Gasteiger partial charge on any atom is -0.255 e. The molecule has 18 heavy (non-hydrogen) atoms. The van der Waals surface area contributed by atoms with Gasteiger partial charge in [0.1, 0.15) is 10.5 Å². The lowest BCUT2D eigenvalue weighted by Gasteiger charge is -1.97. The summed E-state index contributed by atoms with van der Waals surface area (Å²) < 4.78 is 1.15. The molecular weight excluding hydrogens is 264 g/mol. The summed E-state index contributed by atoms with van der Waals surface area (Å²) in [5, 5.41) is 1.02. The molecule has 0 aliphatic rings. The van der Waals surface area contributed by atoms with E-state index in [9.17, 15) is 0 Å². The number of hydrogen-bond acceptors (Lipinski definition) is 3. The standard InChI is InChI=1S/C14H11ClN2S/c1-9-7-12-13(11(8-15)16-9)17-14(18-12)10-5-3-2-4-6-10/h2-7H,8H2,1H3. The molecule has 0 aliphatic carbocycles. The van der Waals surface area contributed by atoms with Crippen molar-refractivity contribution < 1.29 is 0 Å². The average molecular weight is 275 g/mol. The lowest BCUT2D eigenvalue weighted by Crippen LogP contribution is -1.90. The Bertz CT molecular complexity index is 692. The molecule has 2 aromatic heterocycles. The molecule has 0 radical (unpaired) electrons. The number of halogens is 1. The summed E-state index contributed by atoms with van der Waals surface area (Å²) in [5.74, 6) is 0.399. The Hall–Kier alpha value is -1.45. The van der Waals surface area contributed by atoms with Gasteiger partial charge in [-0.15, -0.1) is 22.9 Å². The predicted molar refractivity (Wildman–Crippen MR) is 77.1 cm³/mol. The molecule has 0 aliphatic heterocycles. The van der Waals surface area contributed by atoms with Gasteiger partial charge in [-0.25, -0.2) is 4.98 Å². The average Bonchev–Trinajstić information content (AvgIpc) is 2.82. The molecule has 3 rings (SSSR count). The lowest BCUT2D eigenvalue weighted by atomic mass is 10.2. The summed E-state index contributed by atoms with van der Waals surface area (Å²) >= 11 is 7.62. The fraction of sp³-hybridized carbons (Fsp3) is 0.143. The topological polar surface area (TPSA) is 25.8 Å². The molecular formula is C14H11ClN2S. The van der Waals surface area contributed by atoms with Crippen molar-refractivity contribution in [1.82, 2.24) is 9.97 Å². The Kier molecular flexibility index (Phi) is 3.02. The van der Waals surface area contributed by atoms with Crippen LogP contribution in [0, 0.1) is 6.92 Å². The number of pyridine rings is 1. The van der Waals surface area contributed by atoms with E-state index in [1.807, 2.05) is 25.1 Å². The zero-order chi connectivity index (χ0) is 12.5. The first kappa shape index (κ1) is 11.6. The quantitative estimate of drug-likeness (QED) is 0.647. The summed E-state index contributed by atoms with van der Waals surface area (Å²) in [6.45, 7) is 1.98. The predicted octanol–water partition coefficient (Wildman–Crippen LogP) is 4.41. The van der Waals surface area contributed by atoms with E-state index in [2.05, 4.69) is 28.2 Å². The van der Waals surface area contributed by atoms with Gasteiger partial charge in [0.25, 0.3) is 0 Å². The van der Waals surface area contributed by atoms with E-state index in [4.69, 9.17) is 11.6 Å². The Morgan fingerprint density at radius 1 is 1.17 bits per heavy atom. The van der Waals surface area contributed by atoms with Crippen molar-refractivity contribution in [3.63, 3.8) is 0 Å². The maximum atomic E-state index is 5.94. The molecule has 2 nitrogen and oxygen atoms in total. The van der Waals surface area contributed by atoms with E-state index >= 15 is 0 Å². The van der Waals surface area contributed by atoms with Crippen LogP contribution in [0.15, 0.2) is 36.4 Å². The third kappa shape index (κ3) is 2.00. The molecule has 0 bridgehead atoms. The number of nitrogens with zero attached hydrogens (tertiary/aromatic N) is 2. The second-order valence-corrected chi connectivity index (χ2v) is 5.37. The molecule has 0 fully saturated rings. The number of fused-ring (bicyclic) bond motifs is 1. The molecule has 0 saturated heterocycles. The normalized spacial score (nSPS) is 11.0. The second kappa shape index (κ2) is 4.67. The van der Waals surface area contributed by atoms with Crippen molar-refractivity contribution >= 4 is 33.2 Å². The van der Waals surface area contributed by atoms with Gasteiger partial charge < -0.3 is 0 Å². The van der Waals surface area contributed by atoms with Crippen molar-refractivity contribution in [3.8, 4) is 10.6 Å². The molecule has 90 valence electrons. The van der Waals surface area contributed by atoms with Gasteiger partial charge in [-0.05, 0) is 13.0 Å². The molecule has 4 heteroatoms. The number of thiazole rings is 1. The zero-order valence-electron chi connectivity index (χ0n) is 9.85. The van der Waals surface area contributed by atoms with Crippen LogP contribution < -0.4 is 0 Å². The van der Waals surface area contributed by atoms with Crippen molar-refractivity contribution in [2.24, 2.45) is 0 Å². The van der Waals surface area contributed by atoms with E-state index in [1.54, 1.807) is 11.3 Å². The minimum atomic E-state index is 0.399. The summed E-state index contributed by atoms with van der Waals surface area (Å²) in [7, 11) is 0. The van der Waals surface area contributed by atoms with Crippen LogP contribution in [0.2, 0.25) is 0 Å². The summed E-state index contributed by atoms with van der Waals surface area (Å²) in [6.07, 6.45) is 0. The molecule has 0 N–H and O–H groups in total. The van der Waals surface area contributed by atoms with Gasteiger partial charge in [0.15, 0.2) is 0 Å². The highest BCUT2D eigenvalue weighted by Gasteiger charge is 2.11. The van der Waals surface area contributed by atoms with Crippen LogP contribution in [0.1, 0.15) is 11.4 Å². The van der Waals surface area contributed by atoms with Gasteiger partial charge in [0.05, 0.1) is 16.3 Å². The molecule has 2 heterocycles. The number of rotatable bonds is 2. The number of hydrogen-bond donors (Lipinski definition) is 0. The van der Waals surface area contributed by atoms with Gasteiger partial charge in [-0.1, -0.05) is 30.3 Å². The molecule has 0 unspecified atom stereocenters. The third-order valence-electron chi connectivity index (χ3n) is 2.73. The van der Waals surface area contributed by atoms with Crippen molar-refractivity contribution in [2.75, 3.05) is 0 Å². The van der Waals surface area contributed by atoms with Crippen molar-refractivity contribution in [2.45, 2.75) is 12.8 Å². The van der Waals surface area contributed by atoms with Crippen LogP contribution in [-0.4, -0.2) is 9.97 Å². The first-order valence-corrected chi connectivity index (χ1v) is 7.01. The largest absolute Gasteiger partial charge is 0.255 e. The number of aryl methyl sites for hydroxylation is 1. The molecule has 0 atom stereocenters. The zero-order valence-corrected chi connectivity index (χ0v) is 11.4. The summed E-state index contributed by atoms with van der Waals surface area (Å²) in [4.78, 5) is 9.11. The van der Waals surface area contributed by atoms with E-state index in [0.717, 1.165) is 32.2 Å². The molecule has 0 saturated carbocycles. The minimum absolute atomic E-state index is 0.399. The monoisotopic (exact) mass is 274 g/mol. The van der Waals surface area contributed by atoms with Crippen LogP contribution in [0.4, 0.5) is 0 Å². The third-order valence-corrected chi connectivity index (χ3v) is 4.03. The first-order valence-electron chi connectivity index (χ1n) is 5.66. The lowest BCUT2D eigenvalue weighted by molar-refractivity contribution is 1.12. The number of benzene rings is 1. The van der Waals surface area contributed by atoms with E-state index < -0.39 is 0 Å². The van der Waals surface area contributed by atoms with Crippen LogP contribution in [-0.2, 0) is 5.88 Å². The molecule has 3 aromatic rings. The van der Waals surface area contributed by atoms with Crippen molar-refractivity contribution in [3.05, 3.63) is 47.8 Å². The fourth-order valence-electron chi connectivity index (χ4n) is 1.92. The number of aromatic nitrogens is 2. The maximum absolute atomic E-state index is 5.94. The highest BCUT2D eigenvalue weighted by atomic mass is 35.5. The Labute approximate surface area is 114 Å². The van der Waals surface area contributed by atoms with Gasteiger partial charge in [-0.3, -0.25) is 4.98 Å². The van der Waals surface area contributed by atoms with Gasteiger partial charge in [0, 0.05) is 11.3 Å². The maximum Gasteiger partial charge on any atom is 0.124 e. The summed E-state index contributed by atoms with van der Waals surface area (Å²) in [5.41, 5.74) is 3.92. The Morgan fingerprint density at radius 2 is 1.94 bits per heavy atom. The SMILES string of the molecule is Cc1cc2sc(-c3ccccc3)nc2c(CCl)n1. The van der Waals surface area contributed by atoms with Crippen LogP contribution in [0.25, 0.3) is 20.8 Å². The number of alkyl halides is 1. The van der Waals surface area contributed by atoms with Crippen molar-refractivity contribution in [1.29, 1.82) is 0 Å². The second-order valence-electron chi connectivity index (χ2n) is 4.08. The van der Waals surface area contributed by atoms with Crippen LogP contribution >= 0.6 is 22.9 Å².